The van der Waals surface area contributed by atoms with Crippen LogP contribution in [0.1, 0.15) is 22.5 Å². The third-order valence-electron chi connectivity index (χ3n) is 2.61. The highest BCUT2D eigenvalue weighted by Crippen LogP contribution is 2.14. The zero-order valence-electron chi connectivity index (χ0n) is 7.95. The highest BCUT2D eigenvalue weighted by atomic mass is 16.2. The molecule has 0 spiro atoms. The topological polar surface area (TPSA) is 38.1 Å². The predicted molar refractivity (Wildman–Crippen MR) is 48.5 cm³/mol. The second-order valence-corrected chi connectivity index (χ2v) is 3.41. The molecule has 1 amide bonds. The fourth-order valence-corrected chi connectivity index (χ4v) is 1.40. The van der Waals surface area contributed by atoms with E-state index in [0.29, 0.717) is 0 Å². The first kappa shape index (κ1) is 8.29. The van der Waals surface area contributed by atoms with E-state index >= 15 is 0 Å². The Kier molecular flexibility index (Phi) is 1.83. The van der Waals surface area contributed by atoms with Gasteiger partial charge < -0.3 is 4.90 Å². The minimum atomic E-state index is 0.122. The van der Waals surface area contributed by atoms with Crippen LogP contribution in [0.15, 0.2) is 6.20 Å². The third-order valence-corrected chi connectivity index (χ3v) is 2.61. The summed E-state index contributed by atoms with van der Waals surface area (Å²) in [4.78, 5) is 13.6. The van der Waals surface area contributed by atoms with Gasteiger partial charge in [0.15, 0.2) is 0 Å². The number of carbonyl (C=O) groups is 1. The van der Waals surface area contributed by atoms with Gasteiger partial charge in [0.1, 0.15) is 0 Å². The van der Waals surface area contributed by atoms with Gasteiger partial charge in [-0.2, -0.15) is 5.10 Å². The molecular weight excluding hydrogens is 166 g/mol. The van der Waals surface area contributed by atoms with Crippen molar-refractivity contribution in [3.8, 4) is 0 Å². The monoisotopic (exact) mass is 179 g/mol. The van der Waals surface area contributed by atoms with Gasteiger partial charge in [-0.1, -0.05) is 0 Å². The maximum absolute atomic E-state index is 11.7. The zero-order chi connectivity index (χ0) is 9.42. The molecule has 4 nitrogen and oxygen atoms in total. The van der Waals surface area contributed by atoms with Crippen LogP contribution in [0.5, 0.6) is 0 Å². The van der Waals surface area contributed by atoms with E-state index in [1.54, 1.807) is 10.9 Å². The molecule has 0 N–H and O–H groups in total. The van der Waals surface area contributed by atoms with Gasteiger partial charge >= 0.3 is 0 Å². The molecule has 0 bridgehead atoms. The van der Waals surface area contributed by atoms with Crippen molar-refractivity contribution in [1.29, 1.82) is 0 Å². The van der Waals surface area contributed by atoms with Crippen LogP contribution in [-0.4, -0.2) is 33.7 Å². The van der Waals surface area contributed by atoms with Gasteiger partial charge in [-0.25, -0.2) is 0 Å². The van der Waals surface area contributed by atoms with Gasteiger partial charge in [0.05, 0.1) is 11.8 Å². The molecule has 1 aromatic rings. The molecule has 0 unspecified atom stereocenters. The summed E-state index contributed by atoms with van der Waals surface area (Å²) in [5, 5.41) is 4.05. The van der Waals surface area contributed by atoms with E-state index in [1.165, 1.54) is 0 Å². The molecule has 1 fully saturated rings. The Morgan fingerprint density at radius 2 is 2.23 bits per heavy atom. The molecular formula is C9H13N3O. The average Bonchev–Trinajstić information content (AvgIpc) is 2.29. The molecule has 1 saturated heterocycles. The number of aryl methyl sites for hydroxylation is 1. The zero-order valence-corrected chi connectivity index (χ0v) is 7.95. The molecule has 0 atom stereocenters. The van der Waals surface area contributed by atoms with Crippen LogP contribution in [0.2, 0.25) is 0 Å². The van der Waals surface area contributed by atoms with Gasteiger partial charge in [-0.15, -0.1) is 0 Å². The lowest BCUT2D eigenvalue weighted by atomic mass is 10.1. The molecule has 1 aliphatic heterocycles. The van der Waals surface area contributed by atoms with Crippen LogP contribution in [0.25, 0.3) is 0 Å². The number of carbonyl (C=O) groups excluding carboxylic acids is 1. The number of likely N-dealkylation sites (tertiary alicyclic amines) is 1. The molecule has 2 rings (SSSR count). The first-order chi connectivity index (χ1) is 6.20. The van der Waals surface area contributed by atoms with Crippen LogP contribution in [-0.2, 0) is 7.05 Å². The van der Waals surface area contributed by atoms with Gasteiger partial charge in [-0.3, -0.25) is 9.48 Å². The van der Waals surface area contributed by atoms with E-state index in [4.69, 9.17) is 0 Å². The Balaban J connectivity index is 2.24. The van der Waals surface area contributed by atoms with Crippen LogP contribution in [0.4, 0.5) is 0 Å². The Bertz CT molecular complexity index is 339. The fourth-order valence-electron chi connectivity index (χ4n) is 1.40. The molecule has 0 aliphatic carbocycles. The summed E-state index contributed by atoms with van der Waals surface area (Å²) in [5.41, 5.74) is 1.68. The van der Waals surface area contributed by atoms with Gasteiger partial charge in [-0.05, 0) is 13.3 Å². The minimum absolute atomic E-state index is 0.122. The van der Waals surface area contributed by atoms with Gasteiger partial charge in [0, 0.05) is 25.8 Å². The largest absolute Gasteiger partial charge is 0.338 e. The second kappa shape index (κ2) is 2.87. The second-order valence-electron chi connectivity index (χ2n) is 3.41. The van der Waals surface area contributed by atoms with E-state index in [0.717, 1.165) is 30.8 Å². The van der Waals surface area contributed by atoms with Crippen LogP contribution in [0, 0.1) is 6.92 Å². The van der Waals surface area contributed by atoms with Crippen LogP contribution < -0.4 is 0 Å². The normalized spacial score (nSPS) is 15.7. The van der Waals surface area contributed by atoms with Crippen molar-refractivity contribution in [3.05, 3.63) is 17.5 Å². The molecule has 13 heavy (non-hydrogen) atoms. The average molecular weight is 179 g/mol. The summed E-state index contributed by atoms with van der Waals surface area (Å²) in [6, 6.07) is 0. The smallest absolute Gasteiger partial charge is 0.257 e. The van der Waals surface area contributed by atoms with Crippen LogP contribution in [0.3, 0.4) is 0 Å². The molecule has 1 aromatic heterocycles. The molecule has 0 aromatic carbocycles. The predicted octanol–water partition coefficient (Wildman–Crippen LogP) is 0.574. The van der Waals surface area contributed by atoms with E-state index < -0.39 is 0 Å². The van der Waals surface area contributed by atoms with E-state index in [-0.39, 0.29) is 5.91 Å². The number of aromatic nitrogens is 2. The molecule has 4 heteroatoms. The Morgan fingerprint density at radius 3 is 2.62 bits per heavy atom. The van der Waals surface area contributed by atoms with E-state index in [2.05, 4.69) is 5.10 Å². The van der Waals surface area contributed by atoms with Crippen molar-refractivity contribution in [2.75, 3.05) is 13.1 Å². The molecule has 0 radical (unpaired) electrons. The minimum Gasteiger partial charge on any atom is -0.338 e. The lowest BCUT2D eigenvalue weighted by Gasteiger charge is -2.30. The summed E-state index contributed by atoms with van der Waals surface area (Å²) in [7, 11) is 1.85. The Morgan fingerprint density at radius 1 is 1.54 bits per heavy atom. The van der Waals surface area contributed by atoms with E-state index in [1.807, 2.05) is 18.9 Å². The van der Waals surface area contributed by atoms with E-state index in [9.17, 15) is 4.79 Å². The van der Waals surface area contributed by atoms with Gasteiger partial charge in [0.25, 0.3) is 5.91 Å². The summed E-state index contributed by atoms with van der Waals surface area (Å²) >= 11 is 0. The van der Waals surface area contributed by atoms with Crippen molar-refractivity contribution in [3.63, 3.8) is 0 Å². The summed E-state index contributed by atoms with van der Waals surface area (Å²) in [6.07, 6.45) is 2.78. The highest BCUT2D eigenvalue weighted by molar-refractivity contribution is 5.95. The standard InChI is InChI=1S/C9H13N3O/c1-7-8(6-10-11(7)2)9(13)12-4-3-5-12/h6H,3-5H2,1-2H3. The molecule has 0 saturated carbocycles. The maximum atomic E-state index is 11.7. The number of hydrogen-bond donors (Lipinski definition) is 0. The third kappa shape index (κ3) is 1.22. The summed E-state index contributed by atoms with van der Waals surface area (Å²) in [6.45, 7) is 3.71. The number of rotatable bonds is 1. The van der Waals surface area contributed by atoms with Crippen LogP contribution >= 0.6 is 0 Å². The lowest BCUT2D eigenvalue weighted by molar-refractivity contribution is 0.0651. The van der Waals surface area contributed by atoms with Crippen molar-refractivity contribution >= 4 is 5.91 Å². The highest BCUT2D eigenvalue weighted by Gasteiger charge is 2.24. The summed E-state index contributed by atoms with van der Waals surface area (Å²) in [5.74, 6) is 0.122. The van der Waals surface area contributed by atoms with Gasteiger partial charge in [0.2, 0.25) is 0 Å². The first-order valence-electron chi connectivity index (χ1n) is 4.48. The summed E-state index contributed by atoms with van der Waals surface area (Å²) < 4.78 is 1.73. The van der Waals surface area contributed by atoms with Crippen molar-refractivity contribution < 1.29 is 4.79 Å². The fraction of sp³-hybridized carbons (Fsp3) is 0.556. The molecule has 70 valence electrons. The maximum Gasteiger partial charge on any atom is 0.257 e. The lowest BCUT2D eigenvalue weighted by Crippen LogP contribution is -2.42. The first-order valence-corrected chi connectivity index (χ1v) is 4.48. The number of hydrogen-bond acceptors (Lipinski definition) is 2. The Hall–Kier alpha value is -1.32. The Labute approximate surface area is 77.1 Å². The quantitative estimate of drug-likeness (QED) is 0.632. The van der Waals surface area contributed by atoms with Crippen molar-refractivity contribution in [2.45, 2.75) is 13.3 Å². The number of nitrogens with zero attached hydrogens (tertiary/aromatic N) is 3. The number of amides is 1. The molecule has 1 aliphatic rings. The van der Waals surface area contributed by atoms with Crippen molar-refractivity contribution in [2.24, 2.45) is 7.05 Å². The molecule has 2 heterocycles. The van der Waals surface area contributed by atoms with Crippen molar-refractivity contribution in [1.82, 2.24) is 14.7 Å². The SMILES string of the molecule is Cc1c(C(=O)N2CCC2)cnn1C.